The number of carbonyl (C=O) groups excluding carboxylic acids is 1. The van der Waals surface area contributed by atoms with Gasteiger partial charge in [0.05, 0.1) is 5.54 Å². The molecule has 0 unspecified atom stereocenters. The molecule has 0 fully saturated rings. The van der Waals surface area contributed by atoms with Crippen LogP contribution >= 0.6 is 15.9 Å². The second kappa shape index (κ2) is 9.11. The van der Waals surface area contributed by atoms with Crippen LogP contribution in [-0.2, 0) is 4.79 Å². The monoisotopic (exact) mass is 477 g/mol. The van der Waals surface area contributed by atoms with Gasteiger partial charge in [0.1, 0.15) is 11.6 Å². The van der Waals surface area contributed by atoms with Gasteiger partial charge in [0.25, 0.3) is 5.91 Å². The first-order valence-corrected chi connectivity index (χ1v) is 11.3. The quantitative estimate of drug-likeness (QED) is 0.384. The highest BCUT2D eigenvalue weighted by Crippen LogP contribution is 2.40. The van der Waals surface area contributed by atoms with Crippen molar-refractivity contribution in [3.63, 3.8) is 0 Å². The minimum Gasteiger partial charge on any atom is -0.362 e. The zero-order valence-corrected chi connectivity index (χ0v) is 20.3. The van der Waals surface area contributed by atoms with E-state index in [9.17, 15) is 10.1 Å². The fourth-order valence-electron chi connectivity index (χ4n) is 4.07. The van der Waals surface area contributed by atoms with Gasteiger partial charge in [-0.25, -0.2) is 0 Å². The van der Waals surface area contributed by atoms with Crippen molar-refractivity contribution in [1.82, 2.24) is 0 Å². The molecular formula is C26H28BrN3O. The van der Waals surface area contributed by atoms with Crippen molar-refractivity contribution in [3.8, 4) is 6.07 Å². The van der Waals surface area contributed by atoms with Crippen molar-refractivity contribution < 1.29 is 4.79 Å². The number of carbonyl (C=O) groups is 1. The molecule has 1 N–H and O–H groups in total. The van der Waals surface area contributed by atoms with Crippen LogP contribution in [0.25, 0.3) is 11.6 Å². The lowest BCUT2D eigenvalue weighted by Crippen LogP contribution is -2.45. The Morgan fingerprint density at radius 3 is 2.52 bits per heavy atom. The van der Waals surface area contributed by atoms with Crippen LogP contribution in [0.2, 0.25) is 0 Å². The first kappa shape index (κ1) is 22.8. The molecule has 3 rings (SSSR count). The Morgan fingerprint density at radius 1 is 1.23 bits per heavy atom. The average Bonchev–Trinajstić information content (AvgIpc) is 2.71. The lowest BCUT2D eigenvalue weighted by Gasteiger charge is -2.43. The summed E-state index contributed by atoms with van der Waals surface area (Å²) in [5, 5.41) is 12.4. The summed E-state index contributed by atoms with van der Waals surface area (Å²) in [6.45, 7) is 11.8. The molecule has 0 aromatic heterocycles. The molecule has 31 heavy (non-hydrogen) atoms. The normalized spacial score (nSPS) is 15.1. The van der Waals surface area contributed by atoms with Crippen LogP contribution in [0.4, 0.5) is 11.4 Å². The Labute approximate surface area is 193 Å². The Kier molecular flexibility index (Phi) is 6.71. The number of hydrogen-bond acceptors (Lipinski definition) is 3. The molecule has 160 valence electrons. The van der Waals surface area contributed by atoms with Gasteiger partial charge in [-0.1, -0.05) is 28.9 Å². The molecule has 0 spiro atoms. The van der Waals surface area contributed by atoms with Gasteiger partial charge in [-0.15, -0.1) is 0 Å². The smallest absolute Gasteiger partial charge is 0.266 e. The van der Waals surface area contributed by atoms with Crippen molar-refractivity contribution in [2.45, 2.75) is 46.6 Å². The highest BCUT2D eigenvalue weighted by molar-refractivity contribution is 9.10. The van der Waals surface area contributed by atoms with Gasteiger partial charge in [-0.2, -0.15) is 5.26 Å². The lowest BCUT2D eigenvalue weighted by atomic mass is 9.86. The molecule has 4 nitrogen and oxygen atoms in total. The third kappa shape index (κ3) is 4.91. The van der Waals surface area contributed by atoms with E-state index >= 15 is 0 Å². The van der Waals surface area contributed by atoms with Gasteiger partial charge in [0, 0.05) is 28.0 Å². The van der Waals surface area contributed by atoms with Gasteiger partial charge in [0.15, 0.2) is 0 Å². The molecule has 1 aliphatic heterocycles. The van der Waals surface area contributed by atoms with E-state index in [0.717, 1.165) is 34.1 Å². The topological polar surface area (TPSA) is 56.1 Å². The summed E-state index contributed by atoms with van der Waals surface area (Å²) in [5.41, 5.74) is 6.15. The van der Waals surface area contributed by atoms with E-state index in [1.54, 1.807) is 18.2 Å². The summed E-state index contributed by atoms with van der Waals surface area (Å²) in [4.78, 5) is 15.1. The first-order chi connectivity index (χ1) is 14.7. The third-order valence-corrected chi connectivity index (χ3v) is 6.11. The molecule has 0 saturated carbocycles. The number of amides is 1. The standard InChI is InChI=1S/C26H28BrN3O/c1-6-11-30-24-12-17(2)19(14-23(24)18(3)15-26(30,4)5)13-20(16-28)25(31)29-22-9-7-21(27)8-10-22/h7-10,12-15H,6,11H2,1-5H3,(H,29,31)/b20-13+. The summed E-state index contributed by atoms with van der Waals surface area (Å²) >= 11 is 3.38. The van der Waals surface area contributed by atoms with Gasteiger partial charge >= 0.3 is 0 Å². The minimum absolute atomic E-state index is 0.0563. The molecule has 1 aliphatic rings. The van der Waals surface area contributed by atoms with E-state index in [1.165, 1.54) is 11.3 Å². The van der Waals surface area contributed by atoms with Gasteiger partial charge < -0.3 is 10.2 Å². The number of anilines is 2. The second-order valence-electron chi connectivity index (χ2n) is 8.49. The van der Waals surface area contributed by atoms with E-state index in [4.69, 9.17) is 0 Å². The highest BCUT2D eigenvalue weighted by Gasteiger charge is 2.31. The molecule has 1 heterocycles. The number of allylic oxidation sites excluding steroid dienone is 1. The molecule has 0 atom stereocenters. The van der Waals surface area contributed by atoms with Crippen LogP contribution in [0, 0.1) is 18.3 Å². The summed E-state index contributed by atoms with van der Waals surface area (Å²) in [5.74, 6) is -0.414. The molecular weight excluding hydrogens is 450 g/mol. The van der Waals surface area contributed by atoms with E-state index < -0.39 is 5.91 Å². The molecule has 2 aromatic rings. The fraction of sp³-hybridized carbons (Fsp3) is 0.308. The summed E-state index contributed by atoms with van der Waals surface area (Å²) in [6.07, 6.45) is 5.03. The lowest BCUT2D eigenvalue weighted by molar-refractivity contribution is -0.112. The van der Waals surface area contributed by atoms with E-state index in [-0.39, 0.29) is 11.1 Å². The molecule has 2 aromatic carbocycles. The predicted octanol–water partition coefficient (Wildman–Crippen LogP) is 6.72. The van der Waals surface area contributed by atoms with Crippen LogP contribution < -0.4 is 10.2 Å². The number of hydrogen-bond donors (Lipinski definition) is 1. The van der Waals surface area contributed by atoms with Crippen molar-refractivity contribution in [3.05, 3.63) is 69.2 Å². The number of rotatable bonds is 5. The number of benzene rings is 2. The SMILES string of the molecule is CCCN1c2cc(C)c(/C=C(\C#N)C(=O)Nc3ccc(Br)cc3)cc2C(C)=CC1(C)C. The Bertz CT molecular complexity index is 1100. The van der Waals surface area contributed by atoms with Crippen molar-refractivity contribution in [2.24, 2.45) is 0 Å². The largest absolute Gasteiger partial charge is 0.362 e. The Balaban J connectivity index is 1.98. The van der Waals surface area contributed by atoms with E-state index in [2.05, 4.69) is 78.1 Å². The molecule has 0 saturated heterocycles. The van der Waals surface area contributed by atoms with Crippen molar-refractivity contribution in [2.75, 3.05) is 16.8 Å². The average molecular weight is 478 g/mol. The maximum atomic E-state index is 12.7. The third-order valence-electron chi connectivity index (χ3n) is 5.58. The van der Waals surface area contributed by atoms with E-state index in [0.29, 0.717) is 5.69 Å². The van der Waals surface area contributed by atoms with Crippen LogP contribution in [0.1, 0.15) is 50.8 Å². The number of aryl methyl sites for hydroxylation is 1. The number of halogens is 1. The maximum absolute atomic E-state index is 12.7. The number of nitriles is 1. The predicted molar refractivity (Wildman–Crippen MR) is 133 cm³/mol. The fourth-order valence-corrected chi connectivity index (χ4v) is 4.33. The molecule has 0 bridgehead atoms. The molecule has 0 radical (unpaired) electrons. The van der Waals surface area contributed by atoms with Gasteiger partial charge in [-0.05, 0) is 93.3 Å². The number of nitrogens with one attached hydrogen (secondary N) is 1. The highest BCUT2D eigenvalue weighted by atomic mass is 79.9. The minimum atomic E-state index is -0.414. The maximum Gasteiger partial charge on any atom is 0.266 e. The molecule has 5 heteroatoms. The zero-order valence-electron chi connectivity index (χ0n) is 18.7. The van der Waals surface area contributed by atoms with E-state index in [1.807, 2.05) is 19.1 Å². The van der Waals surface area contributed by atoms with Crippen LogP contribution in [0.5, 0.6) is 0 Å². The van der Waals surface area contributed by atoms with Crippen LogP contribution in [0.3, 0.4) is 0 Å². The second-order valence-corrected chi connectivity index (χ2v) is 9.41. The zero-order chi connectivity index (χ0) is 22.8. The van der Waals surface area contributed by atoms with Crippen molar-refractivity contribution >= 4 is 44.9 Å². The summed E-state index contributed by atoms with van der Waals surface area (Å²) in [6, 6.07) is 13.6. The first-order valence-electron chi connectivity index (χ1n) is 10.5. The Morgan fingerprint density at radius 2 is 1.90 bits per heavy atom. The molecule has 0 aliphatic carbocycles. The van der Waals surface area contributed by atoms with Crippen LogP contribution in [-0.4, -0.2) is 18.0 Å². The summed E-state index contributed by atoms with van der Waals surface area (Å²) in [7, 11) is 0. The number of fused-ring (bicyclic) bond motifs is 1. The van der Waals surface area contributed by atoms with Crippen molar-refractivity contribution in [1.29, 1.82) is 5.26 Å². The van der Waals surface area contributed by atoms with Crippen LogP contribution in [0.15, 0.2) is 52.5 Å². The summed E-state index contributed by atoms with van der Waals surface area (Å²) < 4.78 is 0.926. The van der Waals surface area contributed by atoms with Gasteiger partial charge in [0.2, 0.25) is 0 Å². The van der Waals surface area contributed by atoms with Gasteiger partial charge in [-0.3, -0.25) is 4.79 Å². The number of nitrogens with zero attached hydrogens (tertiary/aromatic N) is 2. The molecule has 1 amide bonds. The Hall–Kier alpha value is -2.84.